The maximum Gasteiger partial charge on any atom is 0.144 e. The molecule has 0 aliphatic carbocycles. The summed E-state index contributed by atoms with van der Waals surface area (Å²) in [5, 5.41) is 4.34. The first kappa shape index (κ1) is 12.8. The monoisotopic (exact) mass is 266 g/mol. The van der Waals surface area contributed by atoms with Crippen LogP contribution in [0, 0.1) is 6.92 Å². The summed E-state index contributed by atoms with van der Waals surface area (Å²) in [5.74, 6) is 0. The van der Waals surface area contributed by atoms with E-state index in [1.807, 2.05) is 14.1 Å². The number of aromatic nitrogens is 3. The van der Waals surface area contributed by atoms with Gasteiger partial charge in [-0.3, -0.25) is 0 Å². The van der Waals surface area contributed by atoms with Gasteiger partial charge in [0.25, 0.3) is 0 Å². The molecular weight excluding hydrogens is 248 g/mol. The maximum absolute atomic E-state index is 4.52. The van der Waals surface area contributed by atoms with E-state index in [1.54, 1.807) is 6.33 Å². The summed E-state index contributed by atoms with van der Waals surface area (Å²) in [7, 11) is 3.98. The fourth-order valence-corrected chi connectivity index (χ4v) is 2.63. The average Bonchev–Trinajstić information content (AvgIpc) is 2.76. The van der Waals surface area contributed by atoms with Crippen molar-refractivity contribution in [2.45, 2.75) is 13.5 Å². The van der Waals surface area contributed by atoms with Gasteiger partial charge in [-0.05, 0) is 25.6 Å². The fourth-order valence-electron chi connectivity index (χ4n) is 2.63. The lowest BCUT2D eigenvalue weighted by Crippen LogP contribution is -2.04. The van der Waals surface area contributed by atoms with Crippen molar-refractivity contribution in [3.05, 3.63) is 47.9 Å². The van der Waals surface area contributed by atoms with Crippen LogP contribution in [0.3, 0.4) is 0 Å². The van der Waals surface area contributed by atoms with Crippen LogP contribution < -0.4 is 5.32 Å². The summed E-state index contributed by atoms with van der Waals surface area (Å²) in [6, 6.07) is 8.43. The molecule has 0 fully saturated rings. The average molecular weight is 266 g/mol. The van der Waals surface area contributed by atoms with E-state index in [0.717, 1.165) is 28.8 Å². The molecule has 2 heterocycles. The zero-order valence-corrected chi connectivity index (χ0v) is 12.0. The van der Waals surface area contributed by atoms with Crippen molar-refractivity contribution >= 4 is 11.0 Å². The van der Waals surface area contributed by atoms with Gasteiger partial charge in [0.2, 0.25) is 0 Å². The zero-order chi connectivity index (χ0) is 14.1. The molecule has 0 bridgehead atoms. The summed E-state index contributed by atoms with van der Waals surface area (Å²) in [4.78, 5) is 8.94. The smallest absolute Gasteiger partial charge is 0.144 e. The van der Waals surface area contributed by atoms with E-state index in [4.69, 9.17) is 0 Å². The Bertz CT molecular complexity index is 758. The molecule has 4 heteroatoms. The Hall–Kier alpha value is -2.20. The third kappa shape index (κ3) is 2.08. The van der Waals surface area contributed by atoms with Crippen LogP contribution in [0.5, 0.6) is 0 Å². The topological polar surface area (TPSA) is 42.7 Å². The summed E-state index contributed by atoms with van der Waals surface area (Å²) in [6.07, 6.45) is 3.76. The highest BCUT2D eigenvalue weighted by atomic mass is 15.0. The minimum atomic E-state index is 0.809. The fraction of sp³-hybridized carbons (Fsp3) is 0.250. The van der Waals surface area contributed by atoms with Crippen molar-refractivity contribution < 1.29 is 0 Å². The molecule has 0 aliphatic heterocycles. The molecule has 2 aromatic heterocycles. The Balaban J connectivity index is 2.30. The zero-order valence-electron chi connectivity index (χ0n) is 12.0. The second kappa shape index (κ2) is 5.06. The summed E-state index contributed by atoms with van der Waals surface area (Å²) < 4.78 is 2.06. The molecule has 1 aromatic carbocycles. The number of benzene rings is 1. The lowest BCUT2D eigenvalue weighted by atomic mass is 10.0. The van der Waals surface area contributed by atoms with Gasteiger partial charge in [-0.1, -0.05) is 23.8 Å². The largest absolute Gasteiger partial charge is 0.335 e. The number of aryl methyl sites for hydroxylation is 2. The molecule has 0 saturated heterocycles. The van der Waals surface area contributed by atoms with Gasteiger partial charge in [-0.2, -0.15) is 0 Å². The molecular formula is C16H18N4. The van der Waals surface area contributed by atoms with Crippen molar-refractivity contribution in [3.8, 4) is 11.3 Å². The molecule has 102 valence electrons. The second-order valence-electron chi connectivity index (χ2n) is 5.09. The minimum absolute atomic E-state index is 0.809. The van der Waals surface area contributed by atoms with E-state index < -0.39 is 0 Å². The highest BCUT2D eigenvalue weighted by molar-refractivity contribution is 5.93. The lowest BCUT2D eigenvalue weighted by molar-refractivity contribution is 0.815. The van der Waals surface area contributed by atoms with Crippen molar-refractivity contribution in [2.75, 3.05) is 7.05 Å². The first-order valence-corrected chi connectivity index (χ1v) is 6.71. The van der Waals surface area contributed by atoms with E-state index in [2.05, 4.69) is 57.2 Å². The van der Waals surface area contributed by atoms with Crippen molar-refractivity contribution in [2.24, 2.45) is 7.05 Å². The molecule has 0 radical (unpaired) electrons. The highest BCUT2D eigenvalue weighted by Gasteiger charge is 2.14. The number of hydrogen-bond donors (Lipinski definition) is 1. The molecule has 4 nitrogen and oxygen atoms in total. The van der Waals surface area contributed by atoms with Crippen LogP contribution in [0.1, 0.15) is 11.1 Å². The van der Waals surface area contributed by atoms with E-state index in [1.165, 1.54) is 11.1 Å². The van der Waals surface area contributed by atoms with Crippen LogP contribution in [-0.2, 0) is 13.6 Å². The number of nitrogens with one attached hydrogen (secondary N) is 1. The molecule has 0 unspecified atom stereocenters. The first-order chi connectivity index (χ1) is 9.70. The highest BCUT2D eigenvalue weighted by Crippen LogP contribution is 2.29. The van der Waals surface area contributed by atoms with Gasteiger partial charge in [-0.15, -0.1) is 0 Å². The standard InChI is InChI=1S/C16H18N4/c1-11-5-4-6-12(7-11)15-14-13(8-17-2)9-20(3)16(14)19-10-18-15/h4-7,9-10,17H,8H2,1-3H3. The van der Waals surface area contributed by atoms with Gasteiger partial charge in [0, 0.05) is 30.7 Å². The summed E-state index contributed by atoms with van der Waals surface area (Å²) >= 11 is 0. The number of rotatable bonds is 3. The van der Waals surface area contributed by atoms with Gasteiger partial charge in [0.1, 0.15) is 12.0 Å². The lowest BCUT2D eigenvalue weighted by Gasteiger charge is -2.06. The third-order valence-corrected chi connectivity index (χ3v) is 3.49. The molecule has 20 heavy (non-hydrogen) atoms. The van der Waals surface area contributed by atoms with Gasteiger partial charge in [0.05, 0.1) is 5.69 Å². The molecule has 0 atom stereocenters. The SMILES string of the molecule is CNCc1cn(C)c2ncnc(-c3cccc(C)c3)c12. The Labute approximate surface area is 118 Å². The Morgan fingerprint density at radius 2 is 2.10 bits per heavy atom. The van der Waals surface area contributed by atoms with Gasteiger partial charge >= 0.3 is 0 Å². The van der Waals surface area contributed by atoms with E-state index in [9.17, 15) is 0 Å². The van der Waals surface area contributed by atoms with Crippen LogP contribution in [0.4, 0.5) is 0 Å². The third-order valence-electron chi connectivity index (χ3n) is 3.49. The molecule has 3 rings (SSSR count). The predicted octanol–water partition coefficient (Wildman–Crippen LogP) is 2.66. The summed E-state index contributed by atoms with van der Waals surface area (Å²) in [6.45, 7) is 2.91. The van der Waals surface area contributed by atoms with Gasteiger partial charge in [-0.25, -0.2) is 9.97 Å². The molecule has 0 amide bonds. The first-order valence-electron chi connectivity index (χ1n) is 6.71. The molecule has 0 spiro atoms. The van der Waals surface area contributed by atoms with Crippen LogP contribution in [0.25, 0.3) is 22.3 Å². The Kier molecular flexibility index (Phi) is 3.24. The van der Waals surface area contributed by atoms with Crippen molar-refractivity contribution in [1.82, 2.24) is 19.9 Å². The predicted molar refractivity (Wildman–Crippen MR) is 81.4 cm³/mol. The van der Waals surface area contributed by atoms with E-state index >= 15 is 0 Å². The quantitative estimate of drug-likeness (QED) is 0.792. The Morgan fingerprint density at radius 3 is 2.85 bits per heavy atom. The van der Waals surface area contributed by atoms with Crippen LogP contribution in [0.15, 0.2) is 36.8 Å². The second-order valence-corrected chi connectivity index (χ2v) is 5.09. The molecule has 1 N–H and O–H groups in total. The van der Waals surface area contributed by atoms with Crippen LogP contribution in [0.2, 0.25) is 0 Å². The van der Waals surface area contributed by atoms with Gasteiger partial charge in [0.15, 0.2) is 0 Å². The minimum Gasteiger partial charge on any atom is -0.335 e. The summed E-state index contributed by atoms with van der Waals surface area (Å²) in [5.41, 5.74) is 5.58. The Morgan fingerprint density at radius 1 is 1.25 bits per heavy atom. The normalized spacial score (nSPS) is 11.2. The van der Waals surface area contributed by atoms with Crippen LogP contribution >= 0.6 is 0 Å². The number of nitrogens with zero attached hydrogens (tertiary/aromatic N) is 3. The number of hydrogen-bond acceptors (Lipinski definition) is 3. The van der Waals surface area contributed by atoms with Crippen molar-refractivity contribution in [1.29, 1.82) is 0 Å². The molecule has 0 aliphatic rings. The molecule has 3 aromatic rings. The van der Waals surface area contributed by atoms with E-state index in [-0.39, 0.29) is 0 Å². The van der Waals surface area contributed by atoms with Crippen LogP contribution in [-0.4, -0.2) is 21.6 Å². The number of fused-ring (bicyclic) bond motifs is 1. The van der Waals surface area contributed by atoms with Gasteiger partial charge < -0.3 is 9.88 Å². The molecule has 0 saturated carbocycles. The van der Waals surface area contributed by atoms with Crippen molar-refractivity contribution in [3.63, 3.8) is 0 Å². The van der Waals surface area contributed by atoms with E-state index in [0.29, 0.717) is 0 Å². The maximum atomic E-state index is 4.52.